The molecule has 1 aliphatic carbocycles. The number of nitrogens with one attached hydrogen (secondary N) is 1. The quantitative estimate of drug-likeness (QED) is 0.792. The van der Waals surface area contributed by atoms with E-state index in [0.717, 1.165) is 30.6 Å². The van der Waals surface area contributed by atoms with E-state index in [1.54, 1.807) is 11.8 Å². The van der Waals surface area contributed by atoms with Crippen molar-refractivity contribution in [2.45, 2.75) is 25.8 Å². The molecule has 1 heterocycles. The minimum absolute atomic E-state index is 0.783. The summed E-state index contributed by atoms with van der Waals surface area (Å²) >= 11 is 0. The predicted molar refractivity (Wildman–Crippen MR) is 67.9 cm³/mol. The van der Waals surface area contributed by atoms with E-state index in [1.807, 2.05) is 13.1 Å². The molecule has 0 bridgehead atoms. The van der Waals surface area contributed by atoms with Crippen molar-refractivity contribution >= 4 is 0 Å². The van der Waals surface area contributed by atoms with Crippen molar-refractivity contribution < 1.29 is 4.74 Å². The molecule has 0 saturated heterocycles. The minimum Gasteiger partial charge on any atom is -0.481 e. The fraction of sp³-hybridized carbons (Fsp3) is 0.615. The van der Waals surface area contributed by atoms with Gasteiger partial charge in [-0.05, 0) is 31.7 Å². The van der Waals surface area contributed by atoms with Gasteiger partial charge in [-0.2, -0.15) is 5.10 Å². The van der Waals surface area contributed by atoms with Gasteiger partial charge in [0.05, 0.1) is 12.8 Å². The maximum Gasteiger partial charge on any atom is 0.211 e. The van der Waals surface area contributed by atoms with Gasteiger partial charge in [0.15, 0.2) is 0 Å². The number of aromatic nitrogens is 2. The summed E-state index contributed by atoms with van der Waals surface area (Å²) < 4.78 is 6.95. The highest BCUT2D eigenvalue weighted by molar-refractivity contribution is 5.15. The van der Waals surface area contributed by atoms with Crippen LogP contribution < -0.4 is 10.1 Å². The number of aryl methyl sites for hydroxylation is 1. The third kappa shape index (κ3) is 3.33. The summed E-state index contributed by atoms with van der Waals surface area (Å²) in [7, 11) is 3.57. The van der Waals surface area contributed by atoms with E-state index in [0.29, 0.717) is 0 Å². The Balaban J connectivity index is 1.75. The third-order valence-electron chi connectivity index (χ3n) is 3.21. The van der Waals surface area contributed by atoms with Gasteiger partial charge < -0.3 is 10.1 Å². The molecule has 94 valence electrons. The molecule has 2 rings (SSSR count). The third-order valence-corrected chi connectivity index (χ3v) is 3.21. The Morgan fingerprint density at radius 2 is 2.41 bits per heavy atom. The zero-order valence-corrected chi connectivity index (χ0v) is 10.6. The topological polar surface area (TPSA) is 39.1 Å². The number of nitrogens with zero attached hydrogens (tertiary/aromatic N) is 2. The predicted octanol–water partition coefficient (Wildman–Crippen LogP) is 1.87. The molecule has 0 saturated carbocycles. The molecule has 1 unspecified atom stereocenters. The number of allylic oxidation sites excluding steroid dienone is 2. The lowest BCUT2D eigenvalue weighted by Crippen LogP contribution is -2.23. The SMILES string of the molecule is COc1cc(CNCC2CC=CCC2)nn1C. The van der Waals surface area contributed by atoms with E-state index in [2.05, 4.69) is 22.6 Å². The van der Waals surface area contributed by atoms with Crippen LogP contribution in [0, 0.1) is 5.92 Å². The van der Waals surface area contributed by atoms with Gasteiger partial charge in [0.25, 0.3) is 0 Å². The van der Waals surface area contributed by atoms with Gasteiger partial charge in [-0.25, -0.2) is 4.68 Å². The van der Waals surface area contributed by atoms with E-state index in [4.69, 9.17) is 4.74 Å². The maximum atomic E-state index is 5.19. The van der Waals surface area contributed by atoms with Crippen LogP contribution in [0.2, 0.25) is 0 Å². The largest absolute Gasteiger partial charge is 0.481 e. The van der Waals surface area contributed by atoms with Gasteiger partial charge in [-0.3, -0.25) is 0 Å². The van der Waals surface area contributed by atoms with Crippen molar-refractivity contribution in [1.29, 1.82) is 0 Å². The van der Waals surface area contributed by atoms with E-state index in [-0.39, 0.29) is 0 Å². The first kappa shape index (κ1) is 12.2. The van der Waals surface area contributed by atoms with Crippen molar-refractivity contribution in [3.8, 4) is 5.88 Å². The minimum atomic E-state index is 0.783. The monoisotopic (exact) mass is 235 g/mol. The lowest BCUT2D eigenvalue weighted by molar-refractivity contribution is 0.373. The van der Waals surface area contributed by atoms with Crippen molar-refractivity contribution in [3.05, 3.63) is 23.9 Å². The molecule has 0 spiro atoms. The summed E-state index contributed by atoms with van der Waals surface area (Å²) in [6.45, 7) is 1.89. The molecule has 0 aliphatic heterocycles. The maximum absolute atomic E-state index is 5.19. The summed E-state index contributed by atoms with van der Waals surface area (Å²) in [4.78, 5) is 0. The summed E-state index contributed by atoms with van der Waals surface area (Å²) in [5.74, 6) is 1.59. The smallest absolute Gasteiger partial charge is 0.211 e. The molecule has 4 heteroatoms. The molecular weight excluding hydrogens is 214 g/mol. The van der Waals surface area contributed by atoms with E-state index in [1.165, 1.54) is 19.3 Å². The first-order chi connectivity index (χ1) is 8.29. The summed E-state index contributed by atoms with van der Waals surface area (Å²) in [5.41, 5.74) is 1.04. The van der Waals surface area contributed by atoms with Crippen LogP contribution in [0.25, 0.3) is 0 Å². The Morgan fingerprint density at radius 1 is 1.53 bits per heavy atom. The van der Waals surface area contributed by atoms with Crippen LogP contribution >= 0.6 is 0 Å². The van der Waals surface area contributed by atoms with Gasteiger partial charge in [0, 0.05) is 19.7 Å². The van der Waals surface area contributed by atoms with Gasteiger partial charge in [0.1, 0.15) is 0 Å². The second-order valence-corrected chi connectivity index (χ2v) is 4.58. The molecule has 0 aromatic carbocycles. The van der Waals surface area contributed by atoms with Crippen LogP contribution in [0.4, 0.5) is 0 Å². The van der Waals surface area contributed by atoms with Crippen molar-refractivity contribution in [1.82, 2.24) is 15.1 Å². The Bertz CT molecular complexity index is 384. The Kier molecular flexibility index (Phi) is 4.20. The van der Waals surface area contributed by atoms with Crippen LogP contribution in [0.1, 0.15) is 25.0 Å². The summed E-state index contributed by atoms with van der Waals surface area (Å²) in [6, 6.07) is 1.98. The standard InChI is InChI=1S/C13H21N3O/c1-16-13(17-2)8-12(15-16)10-14-9-11-6-4-3-5-7-11/h3-4,8,11,14H,5-7,9-10H2,1-2H3. The number of hydrogen-bond donors (Lipinski definition) is 1. The van der Waals surface area contributed by atoms with Crippen molar-refractivity contribution in [2.24, 2.45) is 13.0 Å². The summed E-state index contributed by atoms with van der Waals surface area (Å²) in [6.07, 6.45) is 8.30. The zero-order valence-electron chi connectivity index (χ0n) is 10.6. The van der Waals surface area contributed by atoms with Crippen LogP contribution in [-0.4, -0.2) is 23.4 Å². The van der Waals surface area contributed by atoms with E-state index >= 15 is 0 Å². The molecule has 0 radical (unpaired) electrons. The Morgan fingerprint density at radius 3 is 3.06 bits per heavy atom. The van der Waals surface area contributed by atoms with Crippen molar-refractivity contribution in [3.63, 3.8) is 0 Å². The van der Waals surface area contributed by atoms with Gasteiger partial charge in [0.2, 0.25) is 5.88 Å². The average Bonchev–Trinajstić information content (AvgIpc) is 2.71. The molecule has 1 aromatic rings. The van der Waals surface area contributed by atoms with Crippen LogP contribution in [-0.2, 0) is 13.6 Å². The molecule has 17 heavy (non-hydrogen) atoms. The Hall–Kier alpha value is -1.29. The molecule has 1 atom stereocenters. The normalized spacial score (nSPS) is 19.5. The zero-order chi connectivity index (χ0) is 12.1. The molecule has 0 amide bonds. The first-order valence-electron chi connectivity index (χ1n) is 6.22. The van der Waals surface area contributed by atoms with Gasteiger partial charge >= 0.3 is 0 Å². The van der Waals surface area contributed by atoms with Gasteiger partial charge in [-0.1, -0.05) is 12.2 Å². The molecule has 0 fully saturated rings. The van der Waals surface area contributed by atoms with Crippen LogP contribution in [0.3, 0.4) is 0 Å². The highest BCUT2D eigenvalue weighted by Crippen LogP contribution is 2.17. The second kappa shape index (κ2) is 5.87. The number of methoxy groups -OCH3 is 1. The van der Waals surface area contributed by atoms with E-state index in [9.17, 15) is 0 Å². The van der Waals surface area contributed by atoms with E-state index < -0.39 is 0 Å². The fourth-order valence-electron chi connectivity index (χ4n) is 2.23. The number of ether oxygens (including phenoxy) is 1. The molecule has 1 N–H and O–H groups in total. The fourth-order valence-corrected chi connectivity index (χ4v) is 2.23. The summed E-state index contributed by atoms with van der Waals surface area (Å²) in [5, 5.41) is 7.85. The van der Waals surface area contributed by atoms with Gasteiger partial charge in [-0.15, -0.1) is 0 Å². The number of rotatable bonds is 5. The lowest BCUT2D eigenvalue weighted by Gasteiger charge is -2.17. The second-order valence-electron chi connectivity index (χ2n) is 4.58. The molecule has 1 aromatic heterocycles. The highest BCUT2D eigenvalue weighted by Gasteiger charge is 2.10. The average molecular weight is 235 g/mol. The molecular formula is C13H21N3O. The molecule has 1 aliphatic rings. The Labute approximate surface area is 103 Å². The lowest BCUT2D eigenvalue weighted by atomic mass is 9.94. The van der Waals surface area contributed by atoms with Crippen LogP contribution in [0.15, 0.2) is 18.2 Å². The number of hydrogen-bond acceptors (Lipinski definition) is 3. The highest BCUT2D eigenvalue weighted by atomic mass is 16.5. The van der Waals surface area contributed by atoms with Crippen LogP contribution in [0.5, 0.6) is 5.88 Å². The van der Waals surface area contributed by atoms with Crippen molar-refractivity contribution in [2.75, 3.05) is 13.7 Å². The molecule has 4 nitrogen and oxygen atoms in total. The first-order valence-corrected chi connectivity index (χ1v) is 6.22.